The molecule has 0 bridgehead atoms. The van der Waals surface area contributed by atoms with E-state index in [-0.39, 0.29) is 11.0 Å². The molecule has 4 rings (SSSR count). The van der Waals surface area contributed by atoms with Gasteiger partial charge >= 0.3 is 0 Å². The van der Waals surface area contributed by atoms with Crippen LogP contribution < -0.4 is 10.9 Å². The van der Waals surface area contributed by atoms with Crippen molar-refractivity contribution in [1.82, 2.24) is 20.0 Å². The molecule has 1 aromatic heterocycles. The summed E-state index contributed by atoms with van der Waals surface area (Å²) in [5.74, 6) is 0. The Morgan fingerprint density at radius 2 is 1.77 bits per heavy atom. The Morgan fingerprint density at radius 3 is 2.47 bits per heavy atom. The molecular formula is C25H36N4O. The maximum absolute atomic E-state index is 12.3. The minimum absolute atomic E-state index is 0.00148. The second-order valence-electron chi connectivity index (χ2n) is 10.00. The van der Waals surface area contributed by atoms with Crippen molar-refractivity contribution in [3.63, 3.8) is 0 Å². The van der Waals surface area contributed by atoms with Crippen LogP contribution in [0.3, 0.4) is 0 Å². The highest BCUT2D eigenvalue weighted by atomic mass is 16.1. The Bertz CT molecular complexity index is 889. The average molecular weight is 409 g/mol. The first-order valence-corrected chi connectivity index (χ1v) is 11.5. The van der Waals surface area contributed by atoms with Crippen LogP contribution in [0.1, 0.15) is 56.9 Å². The van der Waals surface area contributed by atoms with Crippen molar-refractivity contribution in [3.05, 3.63) is 63.6 Å². The standard InChI is InChI=1S/C25H36N4O/c1-25(2,3)23-11-12-24(30)29(27-23)15-14-28-13-7-6-10-22(28)18-26-21-16-19-8-4-5-9-20(19)17-21/h4-5,8-9,11-12,21-22,26H,6-7,10,13-18H2,1-3H3. The second-order valence-corrected chi connectivity index (χ2v) is 10.00. The van der Waals surface area contributed by atoms with Gasteiger partial charge in [0, 0.05) is 36.7 Å². The lowest BCUT2D eigenvalue weighted by Gasteiger charge is -2.36. The third kappa shape index (κ3) is 5.01. The zero-order valence-corrected chi connectivity index (χ0v) is 18.7. The fourth-order valence-corrected chi connectivity index (χ4v) is 4.82. The lowest BCUT2D eigenvalue weighted by Crippen LogP contribution is -2.49. The molecule has 1 atom stereocenters. The number of likely N-dealkylation sites (tertiary alicyclic amines) is 1. The Morgan fingerprint density at radius 1 is 1.03 bits per heavy atom. The van der Waals surface area contributed by atoms with Gasteiger partial charge < -0.3 is 5.32 Å². The molecule has 1 N–H and O–H groups in total. The van der Waals surface area contributed by atoms with Gasteiger partial charge in [-0.1, -0.05) is 51.5 Å². The smallest absolute Gasteiger partial charge is 0.266 e. The monoisotopic (exact) mass is 408 g/mol. The molecule has 0 amide bonds. The van der Waals surface area contributed by atoms with Crippen LogP contribution in [-0.2, 0) is 24.8 Å². The van der Waals surface area contributed by atoms with Gasteiger partial charge in [-0.15, -0.1) is 0 Å². The van der Waals surface area contributed by atoms with E-state index in [0.717, 1.165) is 38.2 Å². The van der Waals surface area contributed by atoms with Gasteiger partial charge in [-0.2, -0.15) is 5.10 Å². The minimum Gasteiger partial charge on any atom is -0.312 e. The summed E-state index contributed by atoms with van der Waals surface area (Å²) in [6.07, 6.45) is 6.06. The Labute approximate surface area is 180 Å². The highest BCUT2D eigenvalue weighted by Gasteiger charge is 2.26. The average Bonchev–Trinajstić information content (AvgIpc) is 3.14. The lowest BCUT2D eigenvalue weighted by atomic mass is 9.92. The molecule has 2 heterocycles. The number of hydrogen-bond donors (Lipinski definition) is 1. The third-order valence-electron chi connectivity index (χ3n) is 6.68. The first-order valence-electron chi connectivity index (χ1n) is 11.5. The predicted molar refractivity (Wildman–Crippen MR) is 122 cm³/mol. The molecule has 1 aliphatic carbocycles. The Balaban J connectivity index is 1.34. The van der Waals surface area contributed by atoms with Crippen molar-refractivity contribution in [3.8, 4) is 0 Å². The molecule has 0 spiro atoms. The molecule has 1 aromatic carbocycles. The van der Waals surface area contributed by atoms with E-state index >= 15 is 0 Å². The summed E-state index contributed by atoms with van der Waals surface area (Å²) in [5.41, 5.74) is 3.92. The van der Waals surface area contributed by atoms with Crippen LogP contribution in [0.25, 0.3) is 0 Å². The fourth-order valence-electron chi connectivity index (χ4n) is 4.82. The summed E-state index contributed by atoms with van der Waals surface area (Å²) in [4.78, 5) is 14.9. The number of nitrogens with one attached hydrogen (secondary N) is 1. The van der Waals surface area contributed by atoms with Gasteiger partial charge in [0.2, 0.25) is 0 Å². The lowest BCUT2D eigenvalue weighted by molar-refractivity contribution is 0.135. The molecule has 0 radical (unpaired) electrons. The number of benzene rings is 1. The van der Waals surface area contributed by atoms with Gasteiger partial charge in [0.15, 0.2) is 0 Å². The number of piperidine rings is 1. The molecule has 5 nitrogen and oxygen atoms in total. The van der Waals surface area contributed by atoms with E-state index < -0.39 is 0 Å². The van der Waals surface area contributed by atoms with Crippen molar-refractivity contribution in [1.29, 1.82) is 0 Å². The molecule has 5 heteroatoms. The number of hydrogen-bond acceptors (Lipinski definition) is 4. The van der Waals surface area contributed by atoms with Crippen LogP contribution in [0.15, 0.2) is 41.2 Å². The topological polar surface area (TPSA) is 50.2 Å². The van der Waals surface area contributed by atoms with Gasteiger partial charge in [-0.25, -0.2) is 4.68 Å². The van der Waals surface area contributed by atoms with Crippen LogP contribution in [0.2, 0.25) is 0 Å². The number of rotatable bonds is 6. The number of aromatic nitrogens is 2. The van der Waals surface area contributed by atoms with E-state index in [1.165, 1.54) is 30.4 Å². The van der Waals surface area contributed by atoms with Crippen LogP contribution in [0.5, 0.6) is 0 Å². The molecule has 1 fully saturated rings. The molecule has 1 unspecified atom stereocenters. The first-order chi connectivity index (χ1) is 14.4. The number of nitrogens with zero attached hydrogens (tertiary/aromatic N) is 3. The maximum atomic E-state index is 12.3. The van der Waals surface area contributed by atoms with Crippen molar-refractivity contribution in [2.75, 3.05) is 19.6 Å². The molecule has 0 saturated carbocycles. The van der Waals surface area contributed by atoms with Crippen molar-refractivity contribution < 1.29 is 0 Å². The summed E-state index contributed by atoms with van der Waals surface area (Å²) < 4.78 is 1.66. The van der Waals surface area contributed by atoms with E-state index in [1.54, 1.807) is 10.7 Å². The summed E-state index contributed by atoms with van der Waals surface area (Å²) >= 11 is 0. The summed E-state index contributed by atoms with van der Waals surface area (Å²) in [7, 11) is 0. The van der Waals surface area contributed by atoms with Gasteiger partial charge in [0.05, 0.1) is 12.2 Å². The van der Waals surface area contributed by atoms with E-state index in [0.29, 0.717) is 18.6 Å². The maximum Gasteiger partial charge on any atom is 0.266 e. The molecule has 2 aliphatic rings. The van der Waals surface area contributed by atoms with E-state index in [1.807, 2.05) is 6.07 Å². The Kier molecular flexibility index (Phi) is 6.40. The normalized spacial score (nSPS) is 20.4. The van der Waals surface area contributed by atoms with Crippen molar-refractivity contribution in [2.45, 2.75) is 76.9 Å². The largest absolute Gasteiger partial charge is 0.312 e. The van der Waals surface area contributed by atoms with E-state index in [9.17, 15) is 4.79 Å². The quantitative estimate of drug-likeness (QED) is 0.798. The van der Waals surface area contributed by atoms with Crippen LogP contribution >= 0.6 is 0 Å². The molecular weight excluding hydrogens is 372 g/mol. The van der Waals surface area contributed by atoms with Gasteiger partial charge in [-0.3, -0.25) is 9.69 Å². The van der Waals surface area contributed by atoms with E-state index in [2.05, 4.69) is 60.4 Å². The molecule has 162 valence electrons. The summed E-state index contributed by atoms with van der Waals surface area (Å²) in [5, 5.41) is 8.49. The number of fused-ring (bicyclic) bond motifs is 1. The van der Waals surface area contributed by atoms with E-state index in [4.69, 9.17) is 0 Å². The zero-order valence-electron chi connectivity index (χ0n) is 18.7. The van der Waals surface area contributed by atoms with Crippen LogP contribution in [0.4, 0.5) is 0 Å². The zero-order chi connectivity index (χ0) is 21.1. The molecule has 30 heavy (non-hydrogen) atoms. The Hall–Kier alpha value is -1.98. The highest BCUT2D eigenvalue weighted by molar-refractivity contribution is 5.33. The minimum atomic E-state index is -0.0497. The first kappa shape index (κ1) is 21.3. The summed E-state index contributed by atoms with van der Waals surface area (Å²) in [6.45, 7) is 10.1. The SMILES string of the molecule is CC(C)(C)c1ccc(=O)n(CCN2CCCCC2CNC2Cc3ccccc3C2)n1. The molecule has 1 aliphatic heterocycles. The fraction of sp³-hybridized carbons (Fsp3) is 0.600. The second kappa shape index (κ2) is 9.03. The third-order valence-corrected chi connectivity index (χ3v) is 6.68. The van der Waals surface area contributed by atoms with Crippen molar-refractivity contribution in [2.24, 2.45) is 0 Å². The summed E-state index contributed by atoms with van der Waals surface area (Å²) in [6, 6.07) is 13.5. The molecule has 1 saturated heterocycles. The predicted octanol–water partition coefficient (Wildman–Crippen LogP) is 3.15. The van der Waals surface area contributed by atoms with Crippen LogP contribution in [0, 0.1) is 0 Å². The van der Waals surface area contributed by atoms with Crippen molar-refractivity contribution >= 4 is 0 Å². The van der Waals surface area contributed by atoms with Gasteiger partial charge in [-0.05, 0) is 49.4 Å². The highest BCUT2D eigenvalue weighted by Crippen LogP contribution is 2.23. The van der Waals surface area contributed by atoms with Gasteiger partial charge in [0.25, 0.3) is 5.56 Å². The van der Waals surface area contributed by atoms with Crippen LogP contribution in [-0.4, -0.2) is 46.4 Å². The molecule has 2 aromatic rings. The van der Waals surface area contributed by atoms with Gasteiger partial charge in [0.1, 0.15) is 0 Å².